The molecule has 2 aromatic heterocycles. The summed E-state index contributed by atoms with van der Waals surface area (Å²) < 4.78 is 11.0. The van der Waals surface area contributed by atoms with Crippen molar-refractivity contribution in [3.05, 3.63) is 93.7 Å². The van der Waals surface area contributed by atoms with Crippen molar-refractivity contribution in [3.63, 3.8) is 0 Å². The van der Waals surface area contributed by atoms with Crippen LogP contribution in [0.5, 0.6) is 5.75 Å². The first-order valence-corrected chi connectivity index (χ1v) is 10.7. The molecule has 2 aromatic carbocycles. The number of benzene rings is 2. The van der Waals surface area contributed by atoms with E-state index in [1.54, 1.807) is 13.4 Å². The molecule has 0 saturated heterocycles. The largest absolute Gasteiger partial charge is 0.495 e. The highest BCUT2D eigenvalue weighted by atomic mass is 32.1. The van der Waals surface area contributed by atoms with E-state index < -0.39 is 0 Å². The fraction of sp³-hybridized carbons (Fsp3) is 0.200. The molecule has 0 saturated carbocycles. The SMILES string of the molecule is COc1ccccc1NC(=S)N(Cc1ccco1)Cc1cc2c(C)ccc(C)c2[nH]c1=O. The van der Waals surface area contributed by atoms with E-state index in [9.17, 15) is 4.79 Å². The molecule has 0 fully saturated rings. The maximum atomic E-state index is 12.9. The van der Waals surface area contributed by atoms with Gasteiger partial charge in [-0.3, -0.25) is 4.79 Å². The lowest BCUT2D eigenvalue weighted by molar-refractivity contribution is 0.359. The molecule has 4 rings (SSSR count). The number of nitrogens with one attached hydrogen (secondary N) is 2. The van der Waals surface area contributed by atoms with Gasteiger partial charge < -0.3 is 24.4 Å². The number of rotatable bonds is 6. The van der Waals surface area contributed by atoms with Gasteiger partial charge >= 0.3 is 0 Å². The van der Waals surface area contributed by atoms with Crippen molar-refractivity contribution in [2.75, 3.05) is 12.4 Å². The Kier molecular flexibility index (Phi) is 6.28. The maximum absolute atomic E-state index is 12.9. The zero-order valence-electron chi connectivity index (χ0n) is 18.3. The van der Waals surface area contributed by atoms with Crippen LogP contribution in [0.2, 0.25) is 0 Å². The number of aromatic nitrogens is 1. The second-order valence-electron chi connectivity index (χ2n) is 7.68. The first kappa shape index (κ1) is 21.6. The number of aryl methyl sites for hydroxylation is 2. The highest BCUT2D eigenvalue weighted by Gasteiger charge is 2.17. The van der Waals surface area contributed by atoms with Gasteiger partial charge in [-0.05, 0) is 67.5 Å². The number of aromatic amines is 1. The van der Waals surface area contributed by atoms with E-state index in [0.717, 1.165) is 33.5 Å². The van der Waals surface area contributed by atoms with Gasteiger partial charge in [-0.15, -0.1) is 0 Å². The van der Waals surface area contributed by atoms with Crippen LogP contribution < -0.4 is 15.6 Å². The van der Waals surface area contributed by atoms with Crippen LogP contribution in [0.15, 0.2) is 70.1 Å². The van der Waals surface area contributed by atoms with Gasteiger partial charge in [0.1, 0.15) is 11.5 Å². The molecule has 0 unspecified atom stereocenters. The summed E-state index contributed by atoms with van der Waals surface area (Å²) in [6, 6.07) is 17.3. The topological polar surface area (TPSA) is 70.5 Å². The lowest BCUT2D eigenvalue weighted by atomic mass is 10.0. The minimum Gasteiger partial charge on any atom is -0.495 e. The van der Waals surface area contributed by atoms with Gasteiger partial charge in [-0.1, -0.05) is 24.3 Å². The van der Waals surface area contributed by atoms with Crippen molar-refractivity contribution in [2.45, 2.75) is 26.9 Å². The molecule has 4 aromatic rings. The molecule has 2 heterocycles. The third kappa shape index (κ3) is 4.53. The quantitative estimate of drug-likeness (QED) is 0.399. The predicted octanol–water partition coefficient (Wildman–Crippen LogP) is 5.15. The lowest BCUT2D eigenvalue weighted by Gasteiger charge is -2.25. The molecular formula is C25H25N3O3S. The van der Waals surface area contributed by atoms with E-state index in [1.165, 1.54) is 0 Å². The van der Waals surface area contributed by atoms with Gasteiger partial charge in [0.25, 0.3) is 5.56 Å². The molecule has 0 aliphatic heterocycles. The number of thiocarbonyl (C=S) groups is 1. The molecule has 0 bridgehead atoms. The molecule has 0 aliphatic rings. The second kappa shape index (κ2) is 9.28. The molecule has 0 atom stereocenters. The van der Waals surface area contributed by atoms with E-state index in [-0.39, 0.29) is 5.56 Å². The highest BCUT2D eigenvalue weighted by Crippen LogP contribution is 2.25. The van der Waals surface area contributed by atoms with E-state index >= 15 is 0 Å². The number of H-pyrrole nitrogens is 1. The fourth-order valence-corrected chi connectivity index (χ4v) is 3.91. The molecule has 0 amide bonds. The van der Waals surface area contributed by atoms with Gasteiger partial charge in [0.15, 0.2) is 5.11 Å². The van der Waals surface area contributed by atoms with Gasteiger partial charge in [-0.25, -0.2) is 0 Å². The smallest absolute Gasteiger partial charge is 0.253 e. The molecule has 32 heavy (non-hydrogen) atoms. The minimum atomic E-state index is -0.129. The van der Waals surface area contributed by atoms with Crippen LogP contribution in [0.1, 0.15) is 22.5 Å². The average molecular weight is 448 g/mol. The Hall–Kier alpha value is -3.58. The molecule has 2 N–H and O–H groups in total. The predicted molar refractivity (Wildman–Crippen MR) is 131 cm³/mol. The summed E-state index contributed by atoms with van der Waals surface area (Å²) in [5, 5.41) is 4.74. The number of hydrogen-bond donors (Lipinski definition) is 2. The second-order valence-corrected chi connectivity index (χ2v) is 8.06. The summed E-state index contributed by atoms with van der Waals surface area (Å²) >= 11 is 5.73. The van der Waals surface area contributed by atoms with Crippen LogP contribution >= 0.6 is 12.2 Å². The number of anilines is 1. The molecule has 0 radical (unpaired) electrons. The molecule has 164 valence electrons. The third-order valence-corrected chi connectivity index (χ3v) is 5.80. The van der Waals surface area contributed by atoms with Crippen LogP contribution in [-0.4, -0.2) is 22.1 Å². The number of nitrogens with zero attached hydrogens (tertiary/aromatic N) is 1. The Morgan fingerprint density at radius 1 is 1.09 bits per heavy atom. The standard InChI is InChI=1S/C25H25N3O3S/c1-16-10-11-17(2)23-20(16)13-18(24(29)27-23)14-28(15-19-7-6-12-31-19)25(32)26-21-8-4-5-9-22(21)30-3/h4-13H,14-15H2,1-3H3,(H,26,32)(H,27,29). The van der Waals surface area contributed by atoms with Gasteiger partial charge in [0.05, 0.1) is 37.7 Å². The van der Waals surface area contributed by atoms with Crippen molar-refractivity contribution in [2.24, 2.45) is 0 Å². The minimum absolute atomic E-state index is 0.129. The molecule has 0 aliphatic carbocycles. The molecule has 0 spiro atoms. The Morgan fingerprint density at radius 3 is 2.62 bits per heavy atom. The highest BCUT2D eigenvalue weighted by molar-refractivity contribution is 7.80. The third-order valence-electron chi connectivity index (χ3n) is 5.44. The number of para-hydroxylation sites is 2. The number of ether oxygens (including phenoxy) is 1. The monoisotopic (exact) mass is 447 g/mol. The maximum Gasteiger partial charge on any atom is 0.253 e. The summed E-state index contributed by atoms with van der Waals surface area (Å²) in [7, 11) is 1.61. The number of pyridine rings is 1. The van der Waals surface area contributed by atoms with Gasteiger partial charge in [-0.2, -0.15) is 0 Å². The number of fused-ring (bicyclic) bond motifs is 1. The fourth-order valence-electron chi connectivity index (χ4n) is 3.67. The number of furan rings is 1. The summed E-state index contributed by atoms with van der Waals surface area (Å²) in [6.45, 7) is 4.77. The Morgan fingerprint density at radius 2 is 1.88 bits per heavy atom. The molecule has 7 heteroatoms. The first-order valence-electron chi connectivity index (χ1n) is 10.3. The van der Waals surface area contributed by atoms with Crippen molar-refractivity contribution in [1.29, 1.82) is 0 Å². The lowest BCUT2D eigenvalue weighted by Crippen LogP contribution is -2.35. The van der Waals surface area contributed by atoms with Crippen LogP contribution in [0.4, 0.5) is 5.69 Å². The van der Waals surface area contributed by atoms with Gasteiger partial charge in [0.2, 0.25) is 0 Å². The van der Waals surface area contributed by atoms with E-state index in [2.05, 4.69) is 16.4 Å². The normalized spacial score (nSPS) is 10.8. The van der Waals surface area contributed by atoms with Crippen molar-refractivity contribution in [1.82, 2.24) is 9.88 Å². The number of hydrogen-bond acceptors (Lipinski definition) is 4. The Balaban J connectivity index is 1.68. The van der Waals surface area contributed by atoms with Crippen LogP contribution in [0.3, 0.4) is 0 Å². The van der Waals surface area contributed by atoms with Crippen molar-refractivity contribution >= 4 is 33.9 Å². The zero-order chi connectivity index (χ0) is 22.7. The van der Waals surface area contributed by atoms with Crippen molar-refractivity contribution < 1.29 is 9.15 Å². The average Bonchev–Trinajstić information content (AvgIpc) is 3.30. The summed E-state index contributed by atoms with van der Waals surface area (Å²) in [5.74, 6) is 1.43. The molecular weight excluding hydrogens is 422 g/mol. The van der Waals surface area contributed by atoms with Crippen LogP contribution in [0.25, 0.3) is 10.9 Å². The van der Waals surface area contributed by atoms with Gasteiger partial charge in [0, 0.05) is 10.9 Å². The summed E-state index contributed by atoms with van der Waals surface area (Å²) in [5.41, 5.74) is 4.26. The summed E-state index contributed by atoms with van der Waals surface area (Å²) in [4.78, 5) is 17.9. The van der Waals surface area contributed by atoms with Crippen LogP contribution in [0, 0.1) is 13.8 Å². The van der Waals surface area contributed by atoms with Crippen molar-refractivity contribution in [3.8, 4) is 5.75 Å². The zero-order valence-corrected chi connectivity index (χ0v) is 19.1. The summed E-state index contributed by atoms with van der Waals surface area (Å²) in [6.07, 6.45) is 1.62. The first-order chi connectivity index (χ1) is 15.5. The molecule has 6 nitrogen and oxygen atoms in total. The Bertz CT molecular complexity index is 1310. The number of methoxy groups -OCH3 is 1. The van der Waals surface area contributed by atoms with E-state index in [4.69, 9.17) is 21.4 Å². The van der Waals surface area contributed by atoms with Crippen LogP contribution in [-0.2, 0) is 13.1 Å². The Labute approximate surface area is 191 Å². The van der Waals surface area contributed by atoms with E-state index in [0.29, 0.717) is 29.5 Å². The van der Waals surface area contributed by atoms with E-state index in [1.807, 2.05) is 67.3 Å².